The molecule has 14 heavy (non-hydrogen) atoms. The van der Waals surface area contributed by atoms with Gasteiger partial charge < -0.3 is 5.73 Å². The van der Waals surface area contributed by atoms with Crippen LogP contribution in [0.3, 0.4) is 0 Å². The largest absolute Gasteiger partial charge is 0.327 e. The lowest BCUT2D eigenvalue weighted by Gasteiger charge is -2.15. The zero-order valence-electron chi connectivity index (χ0n) is 8.45. The van der Waals surface area contributed by atoms with Crippen LogP contribution in [-0.2, 0) is 0 Å². The molecule has 0 aliphatic heterocycles. The Bertz CT molecular complexity index is 330. The fourth-order valence-electron chi connectivity index (χ4n) is 2.32. The van der Waals surface area contributed by atoms with Crippen molar-refractivity contribution in [2.75, 3.05) is 0 Å². The lowest BCUT2D eigenvalue weighted by Crippen LogP contribution is -2.22. The van der Waals surface area contributed by atoms with E-state index in [-0.39, 0.29) is 0 Å². The maximum Gasteiger partial charge on any atom is 0.0108 e. The molecule has 0 radical (unpaired) electrons. The highest BCUT2D eigenvalue weighted by Crippen LogP contribution is 2.33. The average Bonchev–Trinajstić information content (AvgIpc) is 2.65. The highest BCUT2D eigenvalue weighted by molar-refractivity contribution is 5.48. The maximum absolute atomic E-state index is 6.08. The van der Waals surface area contributed by atoms with E-state index in [1.807, 2.05) is 6.08 Å². The first kappa shape index (κ1) is 9.47. The number of rotatable bonds is 2. The zero-order valence-corrected chi connectivity index (χ0v) is 8.45. The molecule has 1 heteroatoms. The zero-order chi connectivity index (χ0) is 9.97. The summed E-state index contributed by atoms with van der Waals surface area (Å²) in [6.45, 7) is 3.79. The minimum Gasteiger partial charge on any atom is -0.327 e. The molecule has 1 aliphatic carbocycles. The smallest absolute Gasteiger partial charge is 0.0108 e. The van der Waals surface area contributed by atoms with Crippen molar-refractivity contribution in [3.8, 4) is 0 Å². The van der Waals surface area contributed by atoms with E-state index in [0.717, 1.165) is 0 Å². The molecule has 0 heterocycles. The van der Waals surface area contributed by atoms with Gasteiger partial charge in [-0.3, -0.25) is 0 Å². The first-order valence-corrected chi connectivity index (χ1v) is 5.29. The van der Waals surface area contributed by atoms with Crippen molar-refractivity contribution in [3.05, 3.63) is 42.0 Å². The molecular weight excluding hydrogens is 170 g/mol. The van der Waals surface area contributed by atoms with Crippen molar-refractivity contribution in [3.63, 3.8) is 0 Å². The van der Waals surface area contributed by atoms with Crippen molar-refractivity contribution in [2.24, 2.45) is 5.73 Å². The molecule has 1 saturated carbocycles. The number of benzene rings is 1. The lowest BCUT2D eigenvalue weighted by molar-refractivity contribution is 0.613. The molecular formula is C13H17N. The van der Waals surface area contributed by atoms with E-state index >= 15 is 0 Å². The fraction of sp³-hybridized carbons (Fsp3) is 0.385. The van der Waals surface area contributed by atoms with Crippen molar-refractivity contribution in [1.29, 1.82) is 0 Å². The molecule has 0 bridgehead atoms. The third kappa shape index (κ3) is 1.73. The third-order valence-electron chi connectivity index (χ3n) is 3.14. The topological polar surface area (TPSA) is 26.0 Å². The molecule has 1 nitrogen and oxygen atoms in total. The molecule has 0 saturated heterocycles. The minimum absolute atomic E-state index is 0.357. The predicted molar refractivity (Wildman–Crippen MR) is 61.1 cm³/mol. The molecule has 1 aliphatic rings. The van der Waals surface area contributed by atoms with Gasteiger partial charge in [0.15, 0.2) is 0 Å². The molecule has 1 aromatic rings. The van der Waals surface area contributed by atoms with Crippen LogP contribution < -0.4 is 5.73 Å². The standard InChI is InChI=1S/C13H17N/c1-2-10-5-3-6-11(9-10)12-7-4-8-13(12)14/h2-3,5-6,9,12-13H,1,4,7-8,14H2/t12-,13-/m1/s1. The highest BCUT2D eigenvalue weighted by Gasteiger charge is 2.25. The summed E-state index contributed by atoms with van der Waals surface area (Å²) in [6, 6.07) is 8.93. The fourth-order valence-corrected chi connectivity index (χ4v) is 2.32. The van der Waals surface area contributed by atoms with Gasteiger partial charge in [-0.25, -0.2) is 0 Å². The SMILES string of the molecule is C=Cc1cccc([C@H]2CCC[C@H]2N)c1. The Kier molecular flexibility index (Phi) is 2.69. The van der Waals surface area contributed by atoms with Gasteiger partial charge in [-0.15, -0.1) is 0 Å². The van der Waals surface area contributed by atoms with Crippen LogP contribution in [0, 0.1) is 0 Å². The van der Waals surface area contributed by atoms with Crippen molar-refractivity contribution in [1.82, 2.24) is 0 Å². The van der Waals surface area contributed by atoms with Gasteiger partial charge in [0.2, 0.25) is 0 Å². The van der Waals surface area contributed by atoms with Crippen LogP contribution in [0.5, 0.6) is 0 Å². The Balaban J connectivity index is 2.26. The van der Waals surface area contributed by atoms with Crippen LogP contribution in [0.15, 0.2) is 30.8 Å². The summed E-state index contributed by atoms with van der Waals surface area (Å²) in [7, 11) is 0. The summed E-state index contributed by atoms with van der Waals surface area (Å²) >= 11 is 0. The van der Waals surface area contributed by atoms with E-state index in [1.165, 1.54) is 30.4 Å². The molecule has 1 fully saturated rings. The van der Waals surface area contributed by atoms with Crippen LogP contribution in [0.2, 0.25) is 0 Å². The van der Waals surface area contributed by atoms with Gasteiger partial charge in [0.25, 0.3) is 0 Å². The van der Waals surface area contributed by atoms with E-state index in [9.17, 15) is 0 Å². The quantitative estimate of drug-likeness (QED) is 0.757. The highest BCUT2D eigenvalue weighted by atomic mass is 14.7. The molecule has 2 rings (SSSR count). The van der Waals surface area contributed by atoms with E-state index in [0.29, 0.717) is 12.0 Å². The van der Waals surface area contributed by atoms with Crippen LogP contribution in [0.25, 0.3) is 6.08 Å². The summed E-state index contributed by atoms with van der Waals surface area (Å²) < 4.78 is 0. The molecule has 0 amide bonds. The Hall–Kier alpha value is -1.08. The Morgan fingerprint density at radius 2 is 2.21 bits per heavy atom. The second-order valence-electron chi connectivity index (χ2n) is 4.08. The summed E-state index contributed by atoms with van der Waals surface area (Å²) in [6.07, 6.45) is 5.57. The van der Waals surface area contributed by atoms with Gasteiger partial charge in [-0.05, 0) is 29.9 Å². The van der Waals surface area contributed by atoms with Crippen molar-refractivity contribution in [2.45, 2.75) is 31.2 Å². The molecule has 0 spiro atoms. The average molecular weight is 187 g/mol. The summed E-state index contributed by atoms with van der Waals surface area (Å²) in [5.74, 6) is 0.565. The molecule has 1 aromatic carbocycles. The van der Waals surface area contributed by atoms with Gasteiger partial charge in [-0.1, -0.05) is 43.3 Å². The van der Waals surface area contributed by atoms with Gasteiger partial charge in [0, 0.05) is 6.04 Å². The van der Waals surface area contributed by atoms with Gasteiger partial charge in [0.05, 0.1) is 0 Å². The van der Waals surface area contributed by atoms with E-state index in [1.54, 1.807) is 0 Å². The monoisotopic (exact) mass is 187 g/mol. The lowest BCUT2D eigenvalue weighted by atomic mass is 9.93. The summed E-state index contributed by atoms with van der Waals surface area (Å²) in [4.78, 5) is 0. The number of hydrogen-bond acceptors (Lipinski definition) is 1. The molecule has 2 atom stereocenters. The second-order valence-corrected chi connectivity index (χ2v) is 4.08. The normalized spacial score (nSPS) is 26.4. The third-order valence-corrected chi connectivity index (χ3v) is 3.14. The molecule has 2 N–H and O–H groups in total. The van der Waals surface area contributed by atoms with E-state index in [2.05, 4.69) is 30.8 Å². The first-order chi connectivity index (χ1) is 6.81. The Morgan fingerprint density at radius 3 is 2.86 bits per heavy atom. The van der Waals surface area contributed by atoms with Gasteiger partial charge in [-0.2, -0.15) is 0 Å². The van der Waals surface area contributed by atoms with Crippen molar-refractivity contribution >= 4 is 6.08 Å². The molecule has 0 unspecified atom stereocenters. The summed E-state index contributed by atoms with van der Waals surface area (Å²) in [5, 5.41) is 0. The van der Waals surface area contributed by atoms with E-state index in [4.69, 9.17) is 5.73 Å². The predicted octanol–water partition coefficient (Wildman–Crippen LogP) is 2.92. The Labute approximate surface area is 85.6 Å². The van der Waals surface area contributed by atoms with Gasteiger partial charge in [0.1, 0.15) is 0 Å². The van der Waals surface area contributed by atoms with E-state index < -0.39 is 0 Å². The van der Waals surface area contributed by atoms with Crippen LogP contribution >= 0.6 is 0 Å². The molecule has 0 aromatic heterocycles. The van der Waals surface area contributed by atoms with Crippen LogP contribution in [0.4, 0.5) is 0 Å². The first-order valence-electron chi connectivity index (χ1n) is 5.29. The maximum atomic E-state index is 6.08. The summed E-state index contributed by atoms with van der Waals surface area (Å²) in [5.41, 5.74) is 8.65. The van der Waals surface area contributed by atoms with Crippen molar-refractivity contribution < 1.29 is 0 Å². The number of hydrogen-bond donors (Lipinski definition) is 1. The minimum atomic E-state index is 0.357. The van der Waals surface area contributed by atoms with Crippen LogP contribution in [0.1, 0.15) is 36.3 Å². The van der Waals surface area contributed by atoms with Gasteiger partial charge >= 0.3 is 0 Å². The molecule has 74 valence electrons. The van der Waals surface area contributed by atoms with Crippen LogP contribution in [-0.4, -0.2) is 6.04 Å². The second kappa shape index (κ2) is 3.97. The Morgan fingerprint density at radius 1 is 1.36 bits per heavy atom. The number of nitrogens with two attached hydrogens (primary N) is 1.